The van der Waals surface area contributed by atoms with Crippen molar-refractivity contribution in [2.24, 2.45) is 5.92 Å². The fraction of sp³-hybridized carbons (Fsp3) is 0.615. The monoisotopic (exact) mass is 262 g/mol. The molecule has 0 bridgehead atoms. The molecule has 1 aliphatic carbocycles. The van der Waals surface area contributed by atoms with E-state index >= 15 is 0 Å². The molecule has 0 spiro atoms. The van der Waals surface area contributed by atoms with E-state index in [4.69, 9.17) is 16.9 Å². The third kappa shape index (κ3) is 3.41. The van der Waals surface area contributed by atoms with Crippen molar-refractivity contribution in [3.05, 3.63) is 11.3 Å². The van der Waals surface area contributed by atoms with E-state index in [0.717, 1.165) is 12.0 Å². The first-order valence-corrected chi connectivity index (χ1v) is 6.68. The van der Waals surface area contributed by atoms with E-state index in [1.54, 1.807) is 0 Å². The average molecular weight is 262 g/mol. The van der Waals surface area contributed by atoms with E-state index in [1.807, 2.05) is 14.0 Å². The molecule has 6 heteroatoms. The number of rotatable bonds is 6. The molecule has 0 aliphatic heterocycles. The Balaban J connectivity index is 2.27. The van der Waals surface area contributed by atoms with Gasteiger partial charge in [-0.25, -0.2) is 4.98 Å². The predicted octanol–water partition coefficient (Wildman–Crippen LogP) is 0.959. The van der Waals surface area contributed by atoms with Crippen molar-refractivity contribution in [1.29, 1.82) is 5.41 Å². The van der Waals surface area contributed by atoms with Crippen LogP contribution in [0.4, 0.5) is 11.8 Å². The third-order valence-corrected chi connectivity index (χ3v) is 3.54. The second-order valence-electron chi connectivity index (χ2n) is 5.31. The van der Waals surface area contributed by atoms with Gasteiger partial charge < -0.3 is 22.2 Å². The lowest BCUT2D eigenvalue weighted by atomic mass is 10.0. The molecule has 6 N–H and O–H groups in total. The van der Waals surface area contributed by atoms with Gasteiger partial charge in [0.2, 0.25) is 5.95 Å². The van der Waals surface area contributed by atoms with Gasteiger partial charge in [-0.15, -0.1) is 0 Å². The summed E-state index contributed by atoms with van der Waals surface area (Å²) in [5.41, 5.74) is 13.6. The van der Waals surface area contributed by atoms with Crippen LogP contribution in [0, 0.1) is 11.3 Å². The zero-order valence-corrected chi connectivity index (χ0v) is 11.5. The molecule has 1 fully saturated rings. The minimum absolute atomic E-state index is 0.147. The molecule has 0 unspecified atom stereocenters. The molecule has 1 saturated carbocycles. The van der Waals surface area contributed by atoms with E-state index in [1.165, 1.54) is 12.8 Å². The lowest BCUT2D eigenvalue weighted by Gasteiger charge is -2.15. The van der Waals surface area contributed by atoms with Gasteiger partial charge in [-0.1, -0.05) is 0 Å². The zero-order chi connectivity index (χ0) is 14.0. The molecular formula is C13H22N6. The summed E-state index contributed by atoms with van der Waals surface area (Å²) in [5.74, 6) is 1.24. The summed E-state index contributed by atoms with van der Waals surface area (Å²) in [7, 11) is 1.88. The Morgan fingerprint density at radius 2 is 2.11 bits per heavy atom. The Morgan fingerprint density at radius 1 is 1.42 bits per heavy atom. The second-order valence-corrected chi connectivity index (χ2v) is 5.31. The number of nitrogens with zero attached hydrogens (tertiary/aromatic N) is 2. The Labute approximate surface area is 113 Å². The van der Waals surface area contributed by atoms with Crippen LogP contribution in [0.3, 0.4) is 0 Å². The van der Waals surface area contributed by atoms with E-state index in [-0.39, 0.29) is 12.0 Å². The molecule has 0 radical (unpaired) electrons. The number of anilines is 2. The fourth-order valence-corrected chi connectivity index (χ4v) is 2.09. The van der Waals surface area contributed by atoms with E-state index in [9.17, 15) is 0 Å². The summed E-state index contributed by atoms with van der Waals surface area (Å²) in [6.45, 7) is 2.03. The van der Waals surface area contributed by atoms with E-state index < -0.39 is 0 Å². The first-order chi connectivity index (χ1) is 9.01. The number of aromatic nitrogens is 2. The van der Waals surface area contributed by atoms with Crippen LogP contribution in [0.15, 0.2) is 0 Å². The molecule has 1 heterocycles. The predicted molar refractivity (Wildman–Crippen MR) is 77.3 cm³/mol. The summed E-state index contributed by atoms with van der Waals surface area (Å²) in [4.78, 5) is 8.27. The Hall–Kier alpha value is -1.69. The Bertz CT molecular complexity index is 480. The van der Waals surface area contributed by atoms with Gasteiger partial charge >= 0.3 is 0 Å². The van der Waals surface area contributed by atoms with Crippen molar-refractivity contribution in [2.75, 3.05) is 18.5 Å². The molecular weight excluding hydrogens is 240 g/mol. The molecule has 1 aliphatic rings. The summed E-state index contributed by atoms with van der Waals surface area (Å²) in [6.07, 6.45) is 3.91. The van der Waals surface area contributed by atoms with Crippen molar-refractivity contribution in [2.45, 2.75) is 38.6 Å². The number of nitrogens with one attached hydrogen (secondary N) is 2. The maximum atomic E-state index is 8.22. The summed E-state index contributed by atoms with van der Waals surface area (Å²) in [6, 6.07) is 0.221. The van der Waals surface area contributed by atoms with Gasteiger partial charge in [0.05, 0.1) is 11.4 Å². The minimum atomic E-state index is 0.147. The highest BCUT2D eigenvalue weighted by Crippen LogP contribution is 2.35. The topological polar surface area (TPSA) is 114 Å². The maximum Gasteiger partial charge on any atom is 0.222 e. The van der Waals surface area contributed by atoms with Crippen molar-refractivity contribution in [1.82, 2.24) is 15.3 Å². The molecule has 0 saturated heterocycles. The highest BCUT2D eigenvalue weighted by atomic mass is 15.0. The van der Waals surface area contributed by atoms with Crippen LogP contribution in [0.5, 0.6) is 0 Å². The number of nitrogens with two attached hydrogens (primary N) is 2. The lowest BCUT2D eigenvalue weighted by molar-refractivity contribution is 0.631. The van der Waals surface area contributed by atoms with Gasteiger partial charge in [0.25, 0.3) is 0 Å². The molecule has 1 atom stereocenters. The largest absolute Gasteiger partial charge is 0.383 e. The zero-order valence-electron chi connectivity index (χ0n) is 11.5. The van der Waals surface area contributed by atoms with Crippen LogP contribution < -0.4 is 16.8 Å². The van der Waals surface area contributed by atoms with Gasteiger partial charge in [-0.3, -0.25) is 0 Å². The summed E-state index contributed by atoms with van der Waals surface area (Å²) >= 11 is 0. The van der Waals surface area contributed by atoms with Crippen molar-refractivity contribution < 1.29 is 0 Å². The van der Waals surface area contributed by atoms with Gasteiger partial charge in [-0.2, -0.15) is 4.98 Å². The normalized spacial score (nSPS) is 16.3. The van der Waals surface area contributed by atoms with Crippen molar-refractivity contribution in [3.63, 3.8) is 0 Å². The van der Waals surface area contributed by atoms with Crippen molar-refractivity contribution >= 4 is 17.5 Å². The minimum Gasteiger partial charge on any atom is -0.383 e. The van der Waals surface area contributed by atoms with Gasteiger partial charge in [0.15, 0.2) is 0 Å². The van der Waals surface area contributed by atoms with Crippen LogP contribution in [0.25, 0.3) is 0 Å². The third-order valence-electron chi connectivity index (χ3n) is 3.54. The Morgan fingerprint density at radius 3 is 2.68 bits per heavy atom. The van der Waals surface area contributed by atoms with Crippen molar-refractivity contribution in [3.8, 4) is 0 Å². The molecule has 6 nitrogen and oxygen atoms in total. The number of nitrogen functional groups attached to an aromatic ring is 2. The SMILES string of the molecule is CN[C@H](C)CC(=N)c1nc(N)nc(N)c1CC1CC1. The molecule has 1 aromatic rings. The van der Waals surface area contributed by atoms with Crippen LogP contribution in [-0.2, 0) is 6.42 Å². The van der Waals surface area contributed by atoms with Gasteiger partial charge in [0, 0.05) is 18.0 Å². The first-order valence-electron chi connectivity index (χ1n) is 6.68. The summed E-state index contributed by atoms with van der Waals surface area (Å²) in [5, 5.41) is 11.3. The van der Waals surface area contributed by atoms with Crippen LogP contribution in [0.1, 0.15) is 37.4 Å². The van der Waals surface area contributed by atoms with E-state index in [2.05, 4.69) is 15.3 Å². The molecule has 104 valence electrons. The highest BCUT2D eigenvalue weighted by Gasteiger charge is 2.26. The molecule has 1 aromatic heterocycles. The standard InChI is InChI=1S/C13H22N6/c1-7(17-2)5-10(14)11-9(6-8-3-4-8)12(15)19-13(16)18-11/h7-8,14,17H,3-6H2,1-2H3,(H4,15,16,18,19)/t7-/m1/s1. The van der Waals surface area contributed by atoms with E-state index in [0.29, 0.717) is 29.6 Å². The van der Waals surface area contributed by atoms with Crippen LogP contribution >= 0.6 is 0 Å². The van der Waals surface area contributed by atoms with Gasteiger partial charge in [-0.05, 0) is 39.2 Å². The Kier molecular flexibility index (Phi) is 3.99. The highest BCUT2D eigenvalue weighted by molar-refractivity contribution is 5.99. The number of hydrogen-bond donors (Lipinski definition) is 4. The molecule has 0 aromatic carbocycles. The second kappa shape index (κ2) is 5.52. The molecule has 0 amide bonds. The first kappa shape index (κ1) is 13.7. The van der Waals surface area contributed by atoms with Gasteiger partial charge in [0.1, 0.15) is 5.82 Å². The number of hydrogen-bond acceptors (Lipinski definition) is 6. The lowest BCUT2D eigenvalue weighted by Crippen LogP contribution is -2.26. The quantitative estimate of drug-likeness (QED) is 0.570. The fourth-order valence-electron chi connectivity index (χ4n) is 2.09. The van der Waals surface area contributed by atoms with Crippen LogP contribution in [0.2, 0.25) is 0 Å². The average Bonchev–Trinajstić information content (AvgIpc) is 3.15. The molecule has 2 rings (SSSR count). The molecule has 19 heavy (non-hydrogen) atoms. The van der Waals surface area contributed by atoms with Crippen LogP contribution in [-0.4, -0.2) is 28.8 Å². The maximum absolute atomic E-state index is 8.22. The smallest absolute Gasteiger partial charge is 0.222 e. The summed E-state index contributed by atoms with van der Waals surface area (Å²) < 4.78 is 0.